The van der Waals surface area contributed by atoms with E-state index in [9.17, 15) is 9.59 Å². The number of carbonyl (C=O) groups excluding carboxylic acids is 2. The highest BCUT2D eigenvalue weighted by atomic mass is 16.2. The molecule has 0 saturated heterocycles. The van der Waals surface area contributed by atoms with Gasteiger partial charge in [0.25, 0.3) is 11.8 Å². The lowest BCUT2D eigenvalue weighted by atomic mass is 10.2. The van der Waals surface area contributed by atoms with Crippen molar-refractivity contribution < 1.29 is 9.59 Å². The minimum absolute atomic E-state index is 0.208. The van der Waals surface area contributed by atoms with Crippen LogP contribution >= 0.6 is 0 Å². The number of rotatable bonds is 6. The molecule has 2 aromatic heterocycles. The van der Waals surface area contributed by atoms with Gasteiger partial charge in [-0.25, -0.2) is 0 Å². The van der Waals surface area contributed by atoms with Crippen LogP contribution in [0.25, 0.3) is 0 Å². The Balaban J connectivity index is 1.45. The van der Waals surface area contributed by atoms with E-state index in [4.69, 9.17) is 0 Å². The highest BCUT2D eigenvalue weighted by Gasteiger charge is 2.15. The molecule has 32 heavy (non-hydrogen) atoms. The molecule has 4 aromatic rings. The predicted molar refractivity (Wildman–Crippen MR) is 123 cm³/mol. The standard InChI is InChI=1S/C24H24N6O2/c1-16-12-17(2)30(27-16)15-18-8-7-11-20(13-18)25-24(32)21-14-22(29(3)28-21)26-23(31)19-9-5-4-6-10-19/h4-14H,15H2,1-3H3,(H,25,32)(H,26,31). The van der Waals surface area contributed by atoms with Crippen LogP contribution in [0.4, 0.5) is 11.5 Å². The summed E-state index contributed by atoms with van der Waals surface area (Å²) >= 11 is 0. The Kier molecular flexibility index (Phi) is 5.85. The number of hydrogen-bond acceptors (Lipinski definition) is 4. The van der Waals surface area contributed by atoms with Crippen LogP contribution in [0.1, 0.15) is 37.8 Å². The zero-order valence-electron chi connectivity index (χ0n) is 18.2. The first kappa shape index (κ1) is 21.0. The lowest BCUT2D eigenvalue weighted by Crippen LogP contribution is -2.14. The molecule has 0 fully saturated rings. The monoisotopic (exact) mass is 428 g/mol. The zero-order chi connectivity index (χ0) is 22.7. The second-order valence-corrected chi connectivity index (χ2v) is 7.60. The topological polar surface area (TPSA) is 93.8 Å². The van der Waals surface area contributed by atoms with Gasteiger partial charge in [-0.1, -0.05) is 30.3 Å². The van der Waals surface area contributed by atoms with Crippen molar-refractivity contribution in [3.63, 3.8) is 0 Å². The lowest BCUT2D eigenvalue weighted by Gasteiger charge is -2.08. The molecule has 2 N–H and O–H groups in total. The first-order valence-electron chi connectivity index (χ1n) is 10.2. The molecule has 0 unspecified atom stereocenters. The van der Waals surface area contributed by atoms with Gasteiger partial charge in [-0.05, 0) is 49.7 Å². The van der Waals surface area contributed by atoms with Gasteiger partial charge in [-0.3, -0.25) is 19.0 Å². The molecule has 0 radical (unpaired) electrons. The Morgan fingerprint density at radius 3 is 2.38 bits per heavy atom. The molecule has 2 amide bonds. The molecule has 2 aromatic carbocycles. The summed E-state index contributed by atoms with van der Waals surface area (Å²) in [6, 6.07) is 20.1. The molecule has 0 aliphatic carbocycles. The maximum Gasteiger partial charge on any atom is 0.276 e. The molecule has 0 spiro atoms. The van der Waals surface area contributed by atoms with Crippen molar-refractivity contribution in [2.24, 2.45) is 7.05 Å². The van der Waals surface area contributed by atoms with Crippen LogP contribution in [0.2, 0.25) is 0 Å². The Morgan fingerprint density at radius 1 is 0.875 bits per heavy atom. The maximum absolute atomic E-state index is 12.7. The molecule has 4 rings (SSSR count). The van der Waals surface area contributed by atoms with E-state index in [2.05, 4.69) is 20.8 Å². The Labute approximate surface area is 185 Å². The number of carbonyl (C=O) groups is 2. The van der Waals surface area contributed by atoms with Gasteiger partial charge >= 0.3 is 0 Å². The minimum Gasteiger partial charge on any atom is -0.321 e. The average molecular weight is 428 g/mol. The van der Waals surface area contributed by atoms with Crippen LogP contribution in [-0.2, 0) is 13.6 Å². The number of nitrogens with zero attached hydrogens (tertiary/aromatic N) is 4. The molecule has 162 valence electrons. The first-order valence-corrected chi connectivity index (χ1v) is 10.2. The van der Waals surface area contributed by atoms with Gasteiger partial charge in [0.1, 0.15) is 5.82 Å². The van der Waals surface area contributed by atoms with Crippen LogP contribution in [0.3, 0.4) is 0 Å². The normalized spacial score (nSPS) is 10.7. The summed E-state index contributed by atoms with van der Waals surface area (Å²) in [5, 5.41) is 14.4. The fraction of sp³-hybridized carbons (Fsp3) is 0.167. The van der Waals surface area contributed by atoms with Crippen molar-refractivity contribution >= 4 is 23.3 Å². The number of aromatic nitrogens is 4. The fourth-order valence-corrected chi connectivity index (χ4v) is 3.42. The molecule has 2 heterocycles. The lowest BCUT2D eigenvalue weighted by molar-refractivity contribution is 0.101. The first-order chi connectivity index (χ1) is 15.4. The molecule has 0 saturated carbocycles. The Hall–Kier alpha value is -4.20. The van der Waals surface area contributed by atoms with E-state index in [0.29, 0.717) is 23.6 Å². The van der Waals surface area contributed by atoms with Crippen LogP contribution < -0.4 is 10.6 Å². The molecular formula is C24H24N6O2. The Bertz CT molecular complexity index is 1270. The van der Waals surface area contributed by atoms with Crippen molar-refractivity contribution in [3.05, 3.63) is 94.9 Å². The minimum atomic E-state index is -0.357. The van der Waals surface area contributed by atoms with E-state index in [1.54, 1.807) is 37.4 Å². The molecule has 8 heteroatoms. The third-order valence-corrected chi connectivity index (χ3v) is 5.01. The largest absolute Gasteiger partial charge is 0.321 e. The summed E-state index contributed by atoms with van der Waals surface area (Å²) in [5.41, 5.74) is 4.46. The zero-order valence-corrected chi connectivity index (χ0v) is 18.2. The third-order valence-electron chi connectivity index (χ3n) is 5.01. The van der Waals surface area contributed by atoms with Gasteiger partial charge in [0.2, 0.25) is 0 Å². The van der Waals surface area contributed by atoms with Crippen molar-refractivity contribution in [3.8, 4) is 0 Å². The van der Waals surface area contributed by atoms with Crippen molar-refractivity contribution in [2.45, 2.75) is 20.4 Å². The van der Waals surface area contributed by atoms with E-state index < -0.39 is 0 Å². The predicted octanol–water partition coefficient (Wildman–Crippen LogP) is 3.79. The second kappa shape index (κ2) is 8.89. The number of nitrogens with one attached hydrogen (secondary N) is 2. The highest BCUT2D eigenvalue weighted by molar-refractivity contribution is 6.06. The summed E-state index contributed by atoms with van der Waals surface area (Å²) in [7, 11) is 1.67. The van der Waals surface area contributed by atoms with Gasteiger partial charge in [0.05, 0.1) is 12.2 Å². The number of benzene rings is 2. The molecule has 8 nitrogen and oxygen atoms in total. The van der Waals surface area contributed by atoms with E-state index in [0.717, 1.165) is 17.0 Å². The molecule has 0 aliphatic rings. The number of amides is 2. The quantitative estimate of drug-likeness (QED) is 0.489. The van der Waals surface area contributed by atoms with Crippen molar-refractivity contribution in [2.75, 3.05) is 10.6 Å². The molecular weight excluding hydrogens is 404 g/mol. The number of hydrogen-bond donors (Lipinski definition) is 2. The molecule has 0 aliphatic heterocycles. The summed E-state index contributed by atoms with van der Waals surface area (Å²) in [6.45, 7) is 4.59. The number of aryl methyl sites for hydroxylation is 3. The SMILES string of the molecule is Cc1cc(C)n(Cc2cccc(NC(=O)c3cc(NC(=O)c4ccccc4)n(C)n3)c2)n1. The maximum atomic E-state index is 12.7. The second-order valence-electron chi connectivity index (χ2n) is 7.60. The molecule has 0 bridgehead atoms. The molecule has 0 atom stereocenters. The number of anilines is 2. The van der Waals surface area contributed by atoms with Crippen LogP contribution in [0.15, 0.2) is 66.7 Å². The van der Waals surface area contributed by atoms with E-state index in [1.807, 2.05) is 54.9 Å². The average Bonchev–Trinajstić information content (AvgIpc) is 3.29. The van der Waals surface area contributed by atoms with Gasteiger partial charge in [-0.2, -0.15) is 10.2 Å². The van der Waals surface area contributed by atoms with Gasteiger partial charge in [0, 0.05) is 30.1 Å². The van der Waals surface area contributed by atoms with Crippen LogP contribution in [0, 0.1) is 13.8 Å². The van der Waals surface area contributed by atoms with E-state index in [1.165, 1.54) is 4.68 Å². The van der Waals surface area contributed by atoms with Crippen molar-refractivity contribution in [1.29, 1.82) is 0 Å². The third kappa shape index (κ3) is 4.75. The summed E-state index contributed by atoms with van der Waals surface area (Å²) < 4.78 is 3.39. The summed E-state index contributed by atoms with van der Waals surface area (Å²) in [5.74, 6) is -0.191. The fourth-order valence-electron chi connectivity index (χ4n) is 3.42. The highest BCUT2D eigenvalue weighted by Crippen LogP contribution is 2.16. The summed E-state index contributed by atoms with van der Waals surface area (Å²) in [4.78, 5) is 25.1. The van der Waals surface area contributed by atoms with Crippen molar-refractivity contribution in [1.82, 2.24) is 19.6 Å². The Morgan fingerprint density at radius 2 is 1.66 bits per heavy atom. The van der Waals surface area contributed by atoms with E-state index >= 15 is 0 Å². The van der Waals surface area contributed by atoms with Crippen LogP contribution in [-0.4, -0.2) is 31.4 Å². The van der Waals surface area contributed by atoms with Crippen LogP contribution in [0.5, 0.6) is 0 Å². The summed E-state index contributed by atoms with van der Waals surface area (Å²) in [6.07, 6.45) is 0. The van der Waals surface area contributed by atoms with Gasteiger partial charge in [0.15, 0.2) is 5.69 Å². The van der Waals surface area contributed by atoms with Gasteiger partial charge in [-0.15, -0.1) is 0 Å². The smallest absolute Gasteiger partial charge is 0.276 e. The van der Waals surface area contributed by atoms with E-state index in [-0.39, 0.29) is 17.5 Å². The van der Waals surface area contributed by atoms with Gasteiger partial charge < -0.3 is 10.6 Å².